The van der Waals surface area contributed by atoms with Crippen molar-refractivity contribution in [2.45, 2.75) is 75.2 Å². The van der Waals surface area contributed by atoms with Gasteiger partial charge in [-0.1, -0.05) is 36.4 Å². The highest BCUT2D eigenvalue weighted by Crippen LogP contribution is 2.60. The molecule has 4 aromatic rings. The van der Waals surface area contributed by atoms with Crippen LogP contribution in [0.4, 0.5) is 26.3 Å². The first-order valence-electron chi connectivity index (χ1n) is 22.2. The number of rotatable bonds is 10. The van der Waals surface area contributed by atoms with Gasteiger partial charge >= 0.3 is 12.4 Å². The highest BCUT2D eigenvalue weighted by atomic mass is 32.1. The number of hydrogen-bond acceptors (Lipinski definition) is 9. The molecule has 6 heterocycles. The van der Waals surface area contributed by atoms with E-state index in [1.54, 1.807) is 34.6 Å². The summed E-state index contributed by atoms with van der Waals surface area (Å²) in [5.41, 5.74) is 2.44. The monoisotopic (exact) mass is 954 g/mol. The Morgan fingerprint density at radius 2 is 1.49 bits per heavy atom. The smallest absolute Gasteiger partial charge is 0.381 e. The Labute approximate surface area is 385 Å². The second-order valence-corrected chi connectivity index (χ2v) is 19.3. The first-order valence-corrected chi connectivity index (χ1v) is 23.1. The summed E-state index contributed by atoms with van der Waals surface area (Å²) < 4.78 is 88.3. The van der Waals surface area contributed by atoms with E-state index in [4.69, 9.17) is 4.74 Å². The van der Waals surface area contributed by atoms with Crippen LogP contribution in [0.1, 0.15) is 93.9 Å². The molecule has 5 aliphatic rings. The van der Waals surface area contributed by atoms with Gasteiger partial charge < -0.3 is 19.4 Å². The number of carbonyl (C=O) groups excluding carboxylic acids is 5. The van der Waals surface area contributed by atoms with Gasteiger partial charge in [-0.2, -0.15) is 31.4 Å². The third kappa shape index (κ3) is 9.27. The van der Waals surface area contributed by atoms with E-state index in [-0.39, 0.29) is 63.0 Å². The van der Waals surface area contributed by atoms with E-state index in [9.17, 15) is 50.3 Å². The number of hydrogen-bond donors (Lipinski definition) is 2. The second kappa shape index (κ2) is 18.0. The van der Waals surface area contributed by atoms with Crippen molar-refractivity contribution < 1.29 is 55.1 Å². The lowest BCUT2D eigenvalue weighted by Gasteiger charge is -2.51. The number of likely N-dealkylation sites (tertiary alicyclic amines) is 3. The molecule has 1 spiro atoms. The van der Waals surface area contributed by atoms with Crippen LogP contribution in [0.2, 0.25) is 0 Å². The molecule has 4 saturated heterocycles. The molecular weight excluding hydrogens is 907 g/mol. The first kappa shape index (κ1) is 46.3. The largest absolute Gasteiger partial charge is 0.416 e. The van der Waals surface area contributed by atoms with Crippen molar-refractivity contribution in [2.75, 3.05) is 52.5 Å². The zero-order valence-corrected chi connectivity index (χ0v) is 37.0. The number of thiazole rings is 1. The molecular formula is C46H48F6N8O6S. The van der Waals surface area contributed by atoms with Gasteiger partial charge in [-0.15, -0.1) is 11.3 Å². The maximum atomic E-state index is 14.4. The number of piperidine rings is 1. The van der Waals surface area contributed by atoms with Crippen LogP contribution in [-0.4, -0.2) is 118 Å². The van der Waals surface area contributed by atoms with Gasteiger partial charge in [0.25, 0.3) is 11.8 Å². The summed E-state index contributed by atoms with van der Waals surface area (Å²) in [7, 11) is 0. The third-order valence-corrected chi connectivity index (χ3v) is 15.1. The highest BCUT2D eigenvalue weighted by molar-refractivity contribution is 7.09. The van der Waals surface area contributed by atoms with Crippen LogP contribution in [-0.2, 0) is 36.6 Å². The zero-order valence-electron chi connectivity index (χ0n) is 36.2. The molecule has 0 bridgehead atoms. The Morgan fingerprint density at radius 1 is 0.821 bits per heavy atom. The van der Waals surface area contributed by atoms with E-state index in [2.05, 4.69) is 20.9 Å². The Bertz CT molecular complexity index is 2470. The minimum absolute atomic E-state index is 0.0343. The number of amides is 5. The van der Waals surface area contributed by atoms with Crippen molar-refractivity contribution in [1.82, 2.24) is 40.3 Å². The average Bonchev–Trinajstić information content (AvgIpc) is 3.58. The quantitative estimate of drug-likeness (QED) is 0.113. The fourth-order valence-corrected chi connectivity index (χ4v) is 10.9. The summed E-state index contributed by atoms with van der Waals surface area (Å²) >= 11 is 1.55. The number of carbonyl (C=O) groups is 5. The van der Waals surface area contributed by atoms with Gasteiger partial charge in [-0.05, 0) is 73.3 Å². The van der Waals surface area contributed by atoms with Gasteiger partial charge in [-0.3, -0.25) is 39.5 Å². The molecule has 356 valence electrons. The molecule has 5 fully saturated rings. The topological polar surface area (TPSA) is 159 Å². The molecule has 2 unspecified atom stereocenters. The summed E-state index contributed by atoms with van der Waals surface area (Å²) in [6, 6.07) is 11.7. The minimum Gasteiger partial charge on any atom is -0.381 e. The van der Waals surface area contributed by atoms with Crippen LogP contribution in [0, 0.1) is 16.7 Å². The second-order valence-electron chi connectivity index (χ2n) is 18.4. The maximum Gasteiger partial charge on any atom is 0.416 e. The van der Waals surface area contributed by atoms with E-state index in [1.807, 2.05) is 17.5 Å². The van der Waals surface area contributed by atoms with E-state index < -0.39 is 70.1 Å². The SMILES string of the molecule is O=C(NNC(=O)C1CN(C(=O)c2cnn(Cc3ccc(C(F)(F)F)cc3)c2)CC12CN(C(=O)C1(C(F)(F)F)CC1)C2)C(C(=O)N1CCC(c2nccs2)CC1)c1ccc(C2CCOCC2)cc1. The highest BCUT2D eigenvalue weighted by Gasteiger charge is 2.71. The van der Waals surface area contributed by atoms with Crippen molar-refractivity contribution in [1.29, 1.82) is 0 Å². The molecule has 2 aromatic carbocycles. The van der Waals surface area contributed by atoms with Crippen molar-refractivity contribution in [3.05, 3.63) is 105 Å². The normalized spacial score (nSPS) is 21.2. The van der Waals surface area contributed by atoms with E-state index >= 15 is 0 Å². The molecule has 14 nitrogen and oxygen atoms in total. The average molecular weight is 955 g/mol. The number of ether oxygens (including phenoxy) is 1. The van der Waals surface area contributed by atoms with Gasteiger partial charge in [0.15, 0.2) is 0 Å². The van der Waals surface area contributed by atoms with E-state index in [0.717, 1.165) is 40.4 Å². The molecule has 2 aromatic heterocycles. The van der Waals surface area contributed by atoms with E-state index in [1.165, 1.54) is 34.1 Å². The number of hydrazine groups is 1. The summed E-state index contributed by atoms with van der Waals surface area (Å²) in [6.45, 7) is 1.18. The Kier molecular flexibility index (Phi) is 12.4. The molecule has 2 atom stereocenters. The van der Waals surface area contributed by atoms with Gasteiger partial charge in [0.1, 0.15) is 11.3 Å². The predicted octanol–water partition coefficient (Wildman–Crippen LogP) is 5.88. The zero-order chi connectivity index (χ0) is 47.3. The number of aromatic nitrogens is 3. The lowest BCUT2D eigenvalue weighted by atomic mass is 9.70. The van der Waals surface area contributed by atoms with Gasteiger partial charge in [0, 0.05) is 81.6 Å². The molecule has 2 N–H and O–H groups in total. The summed E-state index contributed by atoms with van der Waals surface area (Å²) in [5, 5.41) is 7.08. The first-order chi connectivity index (χ1) is 31.9. The van der Waals surface area contributed by atoms with Crippen LogP contribution >= 0.6 is 11.3 Å². The number of alkyl halides is 6. The van der Waals surface area contributed by atoms with Gasteiger partial charge in [0.05, 0.1) is 34.8 Å². The number of benzene rings is 2. The van der Waals surface area contributed by atoms with Crippen LogP contribution in [0.3, 0.4) is 0 Å². The molecule has 5 amide bonds. The summed E-state index contributed by atoms with van der Waals surface area (Å²) in [4.78, 5) is 78.6. The maximum absolute atomic E-state index is 14.4. The number of nitrogens with zero attached hydrogens (tertiary/aromatic N) is 6. The van der Waals surface area contributed by atoms with Crippen molar-refractivity contribution in [3.8, 4) is 0 Å². The number of halogens is 6. The Morgan fingerprint density at radius 3 is 2.10 bits per heavy atom. The molecule has 1 aliphatic carbocycles. The van der Waals surface area contributed by atoms with Crippen molar-refractivity contribution >= 4 is 40.9 Å². The van der Waals surface area contributed by atoms with Crippen LogP contribution in [0.5, 0.6) is 0 Å². The molecule has 21 heteroatoms. The van der Waals surface area contributed by atoms with E-state index in [0.29, 0.717) is 50.3 Å². The molecule has 67 heavy (non-hydrogen) atoms. The predicted molar refractivity (Wildman–Crippen MR) is 228 cm³/mol. The molecule has 4 aliphatic heterocycles. The molecule has 1 saturated carbocycles. The summed E-state index contributed by atoms with van der Waals surface area (Å²) in [6.07, 6.45) is -2.62. The van der Waals surface area contributed by atoms with Crippen LogP contribution in [0.15, 0.2) is 72.5 Å². The van der Waals surface area contributed by atoms with Crippen molar-refractivity contribution in [3.63, 3.8) is 0 Å². The fourth-order valence-electron chi connectivity index (χ4n) is 10.1. The third-order valence-electron chi connectivity index (χ3n) is 14.1. The van der Waals surface area contributed by atoms with Crippen molar-refractivity contribution in [2.24, 2.45) is 16.7 Å². The van der Waals surface area contributed by atoms with Crippen LogP contribution < -0.4 is 10.9 Å². The molecule has 9 rings (SSSR count). The van der Waals surface area contributed by atoms with Gasteiger partial charge in [0.2, 0.25) is 17.7 Å². The van der Waals surface area contributed by atoms with Crippen LogP contribution in [0.25, 0.3) is 0 Å². The summed E-state index contributed by atoms with van der Waals surface area (Å²) in [5.74, 6) is -5.75. The minimum atomic E-state index is -4.76. The van der Waals surface area contributed by atoms with Gasteiger partial charge in [-0.25, -0.2) is 4.98 Å². The Balaban J connectivity index is 0.914. The molecule has 0 radical (unpaired) electrons. The standard InChI is InChI=1S/C46H48F6N8O6S/c47-45(48,49)34-7-1-28(2-8-34)22-60-23-33(21-54-60)40(63)58-24-35(43(25-58)26-59(27-43)42(65)44(13-14-44)46(50,51)52)37(61)55-56-38(62)36(31-5-3-29(4-6-31)30-11-18-66-19-12-30)41(64)57-16-9-32(10-17-57)39-53-15-20-67-39/h1-8,15,20-21,23,30,32,35-36H,9-14,16-19,22,24-27H2,(H,55,61)(H,56,62). The lowest BCUT2D eigenvalue weighted by molar-refractivity contribution is -0.205. The number of nitrogens with one attached hydrogen (secondary N) is 2. The lowest BCUT2D eigenvalue weighted by Crippen LogP contribution is -2.66. The fraction of sp³-hybridized carbons (Fsp3) is 0.500. The Hall–Kier alpha value is -5.83.